The maximum Gasteiger partial charge on any atom is 0.191 e. The molecular weight excluding hydrogens is 324 g/mol. The third-order valence-corrected chi connectivity index (χ3v) is 5.92. The lowest BCUT2D eigenvalue weighted by Gasteiger charge is -2.40. The van der Waals surface area contributed by atoms with Crippen molar-refractivity contribution in [1.29, 1.82) is 0 Å². The lowest BCUT2D eigenvalue weighted by Crippen LogP contribution is -2.48. The van der Waals surface area contributed by atoms with Crippen LogP contribution in [0, 0.1) is 5.92 Å². The molecule has 1 saturated carbocycles. The molecule has 2 N–H and O–H groups in total. The van der Waals surface area contributed by atoms with E-state index < -0.39 is 0 Å². The molecule has 5 heteroatoms. The minimum Gasteiger partial charge on any atom is -0.469 e. The molecule has 1 aromatic rings. The van der Waals surface area contributed by atoms with Gasteiger partial charge in [-0.1, -0.05) is 6.92 Å². The molecule has 0 atom stereocenters. The van der Waals surface area contributed by atoms with E-state index in [2.05, 4.69) is 29.4 Å². The molecular formula is C21H36N4O. The number of piperidine rings is 1. The number of guanidine groups is 1. The van der Waals surface area contributed by atoms with Gasteiger partial charge < -0.3 is 20.0 Å². The highest BCUT2D eigenvalue weighted by Crippen LogP contribution is 2.27. The van der Waals surface area contributed by atoms with Crippen LogP contribution < -0.4 is 10.6 Å². The second kappa shape index (κ2) is 10.0. The molecule has 0 spiro atoms. The number of hydrogen-bond acceptors (Lipinski definition) is 3. The Bertz CT molecular complexity index is 526. The van der Waals surface area contributed by atoms with Gasteiger partial charge in [0.15, 0.2) is 5.96 Å². The van der Waals surface area contributed by atoms with Crippen LogP contribution in [0.2, 0.25) is 0 Å². The fourth-order valence-corrected chi connectivity index (χ4v) is 4.23. The van der Waals surface area contributed by atoms with Crippen LogP contribution in [-0.4, -0.2) is 49.1 Å². The number of nitrogens with one attached hydrogen (secondary N) is 2. The van der Waals surface area contributed by atoms with Crippen molar-refractivity contribution in [3.63, 3.8) is 0 Å². The smallest absolute Gasteiger partial charge is 0.191 e. The first-order chi connectivity index (χ1) is 12.7. The van der Waals surface area contributed by atoms with Gasteiger partial charge in [0.05, 0.1) is 6.26 Å². The summed E-state index contributed by atoms with van der Waals surface area (Å²) >= 11 is 0. The Morgan fingerprint density at radius 3 is 2.62 bits per heavy atom. The first-order valence-electron chi connectivity index (χ1n) is 10.6. The number of furan rings is 1. The number of hydrogen-bond donors (Lipinski definition) is 2. The van der Waals surface area contributed by atoms with Crippen molar-refractivity contribution in [1.82, 2.24) is 15.5 Å². The van der Waals surface area contributed by atoms with Gasteiger partial charge >= 0.3 is 0 Å². The third kappa shape index (κ3) is 5.76. The quantitative estimate of drug-likeness (QED) is 0.603. The van der Waals surface area contributed by atoms with E-state index in [1.165, 1.54) is 51.6 Å². The van der Waals surface area contributed by atoms with Crippen molar-refractivity contribution < 1.29 is 4.42 Å². The number of rotatable bonds is 6. The van der Waals surface area contributed by atoms with Gasteiger partial charge in [-0.15, -0.1) is 0 Å². The second-order valence-electron chi connectivity index (χ2n) is 7.96. The Labute approximate surface area is 158 Å². The fraction of sp³-hybridized carbons (Fsp3) is 0.762. The molecule has 2 heterocycles. The standard InChI is InChI=1S/C21H36N4O/c1-3-22-21(23-13-10-20-5-4-16-26-20)24-18-6-8-19(9-7-18)25-14-11-17(2)12-15-25/h4-5,16-19H,3,6-15H2,1-2H3,(H2,22,23,24). The number of nitrogens with zero attached hydrogens (tertiary/aromatic N) is 2. The molecule has 5 nitrogen and oxygen atoms in total. The van der Waals surface area contributed by atoms with E-state index in [0.717, 1.165) is 43.2 Å². The number of likely N-dealkylation sites (tertiary alicyclic amines) is 1. The molecule has 1 aromatic heterocycles. The summed E-state index contributed by atoms with van der Waals surface area (Å²) in [5.41, 5.74) is 0. The largest absolute Gasteiger partial charge is 0.469 e. The van der Waals surface area contributed by atoms with E-state index in [0.29, 0.717) is 6.04 Å². The monoisotopic (exact) mass is 360 g/mol. The predicted octanol–water partition coefficient (Wildman–Crippen LogP) is 3.42. The molecule has 2 aliphatic rings. The van der Waals surface area contributed by atoms with Crippen molar-refractivity contribution in [3.8, 4) is 0 Å². The van der Waals surface area contributed by atoms with Gasteiger partial charge in [0.2, 0.25) is 0 Å². The average Bonchev–Trinajstić information content (AvgIpc) is 3.17. The Balaban J connectivity index is 1.42. The molecule has 0 unspecified atom stereocenters. The normalized spacial score (nSPS) is 26.0. The van der Waals surface area contributed by atoms with Crippen LogP contribution in [0.5, 0.6) is 0 Å². The average molecular weight is 361 g/mol. The van der Waals surface area contributed by atoms with Crippen molar-refractivity contribution in [3.05, 3.63) is 24.2 Å². The van der Waals surface area contributed by atoms with E-state index in [4.69, 9.17) is 9.41 Å². The van der Waals surface area contributed by atoms with Crippen LogP contribution in [0.15, 0.2) is 27.8 Å². The van der Waals surface area contributed by atoms with Crippen molar-refractivity contribution in [2.45, 2.75) is 70.9 Å². The van der Waals surface area contributed by atoms with Gasteiger partial charge in [-0.05, 0) is 76.6 Å². The van der Waals surface area contributed by atoms with E-state index in [1.54, 1.807) is 6.26 Å². The summed E-state index contributed by atoms with van der Waals surface area (Å²) in [5.74, 6) is 2.87. The molecule has 0 aromatic carbocycles. The Morgan fingerprint density at radius 2 is 1.96 bits per heavy atom. The highest BCUT2D eigenvalue weighted by Gasteiger charge is 2.28. The van der Waals surface area contributed by atoms with E-state index in [9.17, 15) is 0 Å². The summed E-state index contributed by atoms with van der Waals surface area (Å²) < 4.78 is 5.39. The van der Waals surface area contributed by atoms with Gasteiger partial charge in [-0.25, -0.2) is 0 Å². The Hall–Kier alpha value is -1.49. The molecule has 146 valence electrons. The van der Waals surface area contributed by atoms with Gasteiger partial charge in [0.1, 0.15) is 5.76 Å². The highest BCUT2D eigenvalue weighted by molar-refractivity contribution is 5.80. The molecule has 0 radical (unpaired) electrons. The highest BCUT2D eigenvalue weighted by atomic mass is 16.3. The molecule has 0 bridgehead atoms. The lowest BCUT2D eigenvalue weighted by atomic mass is 9.88. The van der Waals surface area contributed by atoms with Gasteiger partial charge in [-0.2, -0.15) is 0 Å². The predicted molar refractivity (Wildman–Crippen MR) is 108 cm³/mol. The molecule has 0 amide bonds. The van der Waals surface area contributed by atoms with Gasteiger partial charge in [0, 0.05) is 31.6 Å². The molecule has 1 saturated heterocycles. The molecule has 1 aliphatic carbocycles. The van der Waals surface area contributed by atoms with Crippen LogP contribution in [0.3, 0.4) is 0 Å². The van der Waals surface area contributed by atoms with E-state index in [1.807, 2.05) is 12.1 Å². The minimum absolute atomic E-state index is 0.552. The second-order valence-corrected chi connectivity index (χ2v) is 7.96. The summed E-state index contributed by atoms with van der Waals surface area (Å²) in [7, 11) is 0. The Kier molecular flexibility index (Phi) is 7.42. The summed E-state index contributed by atoms with van der Waals surface area (Å²) in [5, 5.41) is 7.04. The maximum absolute atomic E-state index is 5.39. The first-order valence-corrected chi connectivity index (χ1v) is 10.6. The zero-order valence-corrected chi connectivity index (χ0v) is 16.5. The van der Waals surface area contributed by atoms with Crippen LogP contribution in [0.4, 0.5) is 0 Å². The van der Waals surface area contributed by atoms with E-state index in [-0.39, 0.29) is 0 Å². The van der Waals surface area contributed by atoms with Crippen LogP contribution in [-0.2, 0) is 6.42 Å². The van der Waals surface area contributed by atoms with Crippen LogP contribution in [0.1, 0.15) is 58.1 Å². The molecule has 3 rings (SSSR count). The van der Waals surface area contributed by atoms with Crippen LogP contribution >= 0.6 is 0 Å². The number of aliphatic imine (C=N–C) groups is 1. The summed E-state index contributed by atoms with van der Waals surface area (Å²) in [6.07, 6.45) is 10.5. The minimum atomic E-state index is 0.552. The summed E-state index contributed by atoms with van der Waals surface area (Å²) in [6.45, 7) is 8.78. The van der Waals surface area contributed by atoms with Crippen molar-refractivity contribution in [2.24, 2.45) is 10.9 Å². The van der Waals surface area contributed by atoms with Gasteiger partial charge in [-0.3, -0.25) is 4.99 Å². The van der Waals surface area contributed by atoms with Crippen molar-refractivity contribution in [2.75, 3.05) is 26.2 Å². The zero-order valence-electron chi connectivity index (χ0n) is 16.5. The van der Waals surface area contributed by atoms with Gasteiger partial charge in [0.25, 0.3) is 0 Å². The molecule has 1 aliphatic heterocycles. The first kappa shape index (κ1) is 19.3. The molecule has 2 fully saturated rings. The fourth-order valence-electron chi connectivity index (χ4n) is 4.23. The lowest BCUT2D eigenvalue weighted by molar-refractivity contribution is 0.105. The maximum atomic E-state index is 5.39. The Morgan fingerprint density at radius 1 is 1.19 bits per heavy atom. The van der Waals surface area contributed by atoms with Crippen LogP contribution in [0.25, 0.3) is 0 Å². The zero-order chi connectivity index (χ0) is 18.2. The summed E-state index contributed by atoms with van der Waals surface area (Å²) in [4.78, 5) is 7.47. The third-order valence-electron chi connectivity index (χ3n) is 5.92. The summed E-state index contributed by atoms with van der Waals surface area (Å²) in [6, 6.07) is 5.30. The van der Waals surface area contributed by atoms with Crippen molar-refractivity contribution >= 4 is 5.96 Å². The SMILES string of the molecule is CCNC(=NCCc1ccco1)NC1CCC(N2CCC(C)CC2)CC1. The van der Waals surface area contributed by atoms with E-state index >= 15 is 0 Å². The molecule has 26 heavy (non-hydrogen) atoms. The topological polar surface area (TPSA) is 52.8 Å².